The second-order valence-electron chi connectivity index (χ2n) is 5.40. The quantitative estimate of drug-likeness (QED) is 0.695. The first-order valence-electron chi connectivity index (χ1n) is 6.80. The third-order valence-electron chi connectivity index (χ3n) is 4.38. The van der Waals surface area contributed by atoms with Crippen molar-refractivity contribution < 1.29 is 0 Å². The summed E-state index contributed by atoms with van der Waals surface area (Å²) in [6.45, 7) is 3.34. The first-order chi connectivity index (χ1) is 8.36. The van der Waals surface area contributed by atoms with Gasteiger partial charge in [-0.15, -0.1) is 0 Å². The molecule has 0 spiro atoms. The molecule has 1 aromatic carbocycles. The van der Waals surface area contributed by atoms with Crippen LogP contribution < -0.4 is 0 Å². The molecule has 17 heavy (non-hydrogen) atoms. The van der Waals surface area contributed by atoms with Gasteiger partial charge in [0.1, 0.15) is 0 Å². The first-order valence-corrected chi connectivity index (χ1v) is 6.80. The molecule has 2 saturated heterocycles. The van der Waals surface area contributed by atoms with Crippen LogP contribution in [0.4, 0.5) is 0 Å². The summed E-state index contributed by atoms with van der Waals surface area (Å²) in [6.07, 6.45) is 7.74. The van der Waals surface area contributed by atoms with Gasteiger partial charge in [0.2, 0.25) is 0 Å². The van der Waals surface area contributed by atoms with E-state index in [1.807, 2.05) is 0 Å². The molecule has 1 aromatic rings. The van der Waals surface area contributed by atoms with Crippen LogP contribution in [0, 0.1) is 0 Å². The highest BCUT2D eigenvalue weighted by Crippen LogP contribution is 2.39. The van der Waals surface area contributed by atoms with Gasteiger partial charge in [0, 0.05) is 18.6 Å². The highest BCUT2D eigenvalue weighted by molar-refractivity contribution is 5.18. The summed E-state index contributed by atoms with van der Waals surface area (Å²) >= 11 is 0. The topological polar surface area (TPSA) is 3.24 Å². The molecule has 0 saturated carbocycles. The molecule has 0 amide bonds. The number of allylic oxidation sites excluding steroid dienone is 1. The molecular weight excluding hydrogens is 206 g/mol. The van der Waals surface area contributed by atoms with Gasteiger partial charge in [-0.1, -0.05) is 42.0 Å². The SMILES string of the molecule is CC=C1CC2CCC(C1)N2Cc1ccccc1. The van der Waals surface area contributed by atoms with Gasteiger partial charge in [0.15, 0.2) is 0 Å². The van der Waals surface area contributed by atoms with Gasteiger partial charge in [-0.2, -0.15) is 0 Å². The first kappa shape index (κ1) is 11.0. The number of hydrogen-bond acceptors (Lipinski definition) is 1. The zero-order chi connectivity index (χ0) is 11.7. The minimum Gasteiger partial charge on any atom is -0.293 e. The van der Waals surface area contributed by atoms with E-state index < -0.39 is 0 Å². The Hall–Kier alpha value is -1.08. The second kappa shape index (κ2) is 4.66. The van der Waals surface area contributed by atoms with Crippen molar-refractivity contribution in [3.63, 3.8) is 0 Å². The normalized spacial score (nSPS) is 28.4. The summed E-state index contributed by atoms with van der Waals surface area (Å²) in [7, 11) is 0. The van der Waals surface area contributed by atoms with E-state index in [0.29, 0.717) is 0 Å². The van der Waals surface area contributed by atoms with Crippen LogP contribution >= 0.6 is 0 Å². The van der Waals surface area contributed by atoms with Gasteiger partial charge in [0.05, 0.1) is 0 Å². The summed E-state index contributed by atoms with van der Waals surface area (Å²) in [4.78, 5) is 2.74. The van der Waals surface area contributed by atoms with Gasteiger partial charge in [0.25, 0.3) is 0 Å². The van der Waals surface area contributed by atoms with Crippen molar-refractivity contribution >= 4 is 0 Å². The highest BCUT2D eigenvalue weighted by atomic mass is 15.2. The van der Waals surface area contributed by atoms with Crippen molar-refractivity contribution in [2.45, 2.75) is 51.2 Å². The zero-order valence-electron chi connectivity index (χ0n) is 10.6. The molecule has 0 radical (unpaired) electrons. The molecule has 0 aromatic heterocycles. The van der Waals surface area contributed by atoms with Crippen LogP contribution in [0.25, 0.3) is 0 Å². The van der Waals surface area contributed by atoms with Gasteiger partial charge in [-0.05, 0) is 38.2 Å². The molecule has 2 aliphatic rings. The third-order valence-corrected chi connectivity index (χ3v) is 4.38. The molecule has 2 aliphatic heterocycles. The lowest BCUT2D eigenvalue weighted by Gasteiger charge is -2.36. The number of benzene rings is 1. The third kappa shape index (κ3) is 2.16. The Balaban J connectivity index is 1.74. The van der Waals surface area contributed by atoms with E-state index in [2.05, 4.69) is 48.2 Å². The number of rotatable bonds is 2. The van der Waals surface area contributed by atoms with Crippen LogP contribution in [0.1, 0.15) is 38.2 Å². The Morgan fingerprint density at radius 2 is 1.76 bits per heavy atom. The van der Waals surface area contributed by atoms with Crippen molar-refractivity contribution in [1.29, 1.82) is 0 Å². The maximum atomic E-state index is 2.74. The molecule has 0 N–H and O–H groups in total. The number of nitrogens with zero attached hydrogens (tertiary/aromatic N) is 1. The molecular formula is C16H21N. The summed E-state index contributed by atoms with van der Waals surface area (Å²) in [5.41, 5.74) is 3.15. The van der Waals surface area contributed by atoms with Crippen molar-refractivity contribution in [1.82, 2.24) is 4.90 Å². The summed E-state index contributed by atoms with van der Waals surface area (Å²) in [5, 5.41) is 0. The second-order valence-corrected chi connectivity index (χ2v) is 5.40. The molecule has 2 bridgehead atoms. The lowest BCUT2D eigenvalue weighted by Crippen LogP contribution is -2.39. The standard InChI is InChI=1S/C16H21N/c1-2-13-10-15-8-9-16(11-13)17(15)12-14-6-4-3-5-7-14/h2-7,15-16H,8-12H2,1H3. The average Bonchev–Trinajstić information content (AvgIpc) is 2.63. The van der Waals surface area contributed by atoms with E-state index in [1.54, 1.807) is 5.57 Å². The van der Waals surface area contributed by atoms with Gasteiger partial charge < -0.3 is 0 Å². The molecule has 1 nitrogen and oxygen atoms in total. The number of fused-ring (bicyclic) bond motifs is 2. The Bertz CT molecular complexity index is 391. The Morgan fingerprint density at radius 3 is 2.35 bits per heavy atom. The van der Waals surface area contributed by atoms with Gasteiger partial charge >= 0.3 is 0 Å². The van der Waals surface area contributed by atoms with Crippen molar-refractivity contribution in [3.05, 3.63) is 47.5 Å². The van der Waals surface area contributed by atoms with Crippen molar-refractivity contribution in [2.24, 2.45) is 0 Å². The van der Waals surface area contributed by atoms with E-state index in [1.165, 1.54) is 31.2 Å². The van der Waals surface area contributed by atoms with Crippen LogP contribution in [-0.4, -0.2) is 17.0 Å². The van der Waals surface area contributed by atoms with E-state index in [4.69, 9.17) is 0 Å². The Morgan fingerprint density at radius 1 is 1.12 bits per heavy atom. The van der Waals surface area contributed by atoms with E-state index in [0.717, 1.165) is 18.6 Å². The summed E-state index contributed by atoms with van der Waals surface area (Å²) in [5.74, 6) is 0. The lowest BCUT2D eigenvalue weighted by molar-refractivity contribution is 0.157. The fourth-order valence-electron chi connectivity index (χ4n) is 3.43. The van der Waals surface area contributed by atoms with E-state index >= 15 is 0 Å². The predicted octanol–water partition coefficient (Wildman–Crippen LogP) is 3.76. The van der Waals surface area contributed by atoms with Gasteiger partial charge in [-0.3, -0.25) is 4.90 Å². The fraction of sp³-hybridized carbons (Fsp3) is 0.500. The van der Waals surface area contributed by atoms with Crippen molar-refractivity contribution in [3.8, 4) is 0 Å². The number of hydrogen-bond donors (Lipinski definition) is 0. The summed E-state index contributed by atoms with van der Waals surface area (Å²) < 4.78 is 0. The van der Waals surface area contributed by atoms with Gasteiger partial charge in [-0.25, -0.2) is 0 Å². The fourth-order valence-corrected chi connectivity index (χ4v) is 3.43. The predicted molar refractivity (Wildman–Crippen MR) is 71.8 cm³/mol. The van der Waals surface area contributed by atoms with E-state index in [-0.39, 0.29) is 0 Å². The minimum atomic E-state index is 0.806. The Labute approximate surface area is 104 Å². The Kier molecular flexibility index (Phi) is 3.02. The van der Waals surface area contributed by atoms with E-state index in [9.17, 15) is 0 Å². The highest BCUT2D eigenvalue weighted by Gasteiger charge is 2.37. The molecule has 0 aliphatic carbocycles. The largest absolute Gasteiger partial charge is 0.293 e. The average molecular weight is 227 g/mol. The molecule has 1 heteroatoms. The monoisotopic (exact) mass is 227 g/mol. The molecule has 2 fully saturated rings. The van der Waals surface area contributed by atoms with Crippen LogP contribution in [0.5, 0.6) is 0 Å². The molecule has 2 unspecified atom stereocenters. The maximum absolute atomic E-state index is 2.74. The lowest BCUT2D eigenvalue weighted by atomic mass is 9.96. The van der Waals surface area contributed by atoms with Crippen LogP contribution in [0.3, 0.4) is 0 Å². The molecule has 2 heterocycles. The van der Waals surface area contributed by atoms with Crippen LogP contribution in [0.15, 0.2) is 42.0 Å². The molecule has 90 valence electrons. The van der Waals surface area contributed by atoms with Crippen LogP contribution in [0.2, 0.25) is 0 Å². The smallest absolute Gasteiger partial charge is 0.0239 e. The maximum Gasteiger partial charge on any atom is 0.0239 e. The molecule has 2 atom stereocenters. The minimum absolute atomic E-state index is 0.806. The van der Waals surface area contributed by atoms with Crippen LogP contribution in [-0.2, 0) is 6.54 Å². The van der Waals surface area contributed by atoms with Crippen molar-refractivity contribution in [2.75, 3.05) is 0 Å². The summed E-state index contributed by atoms with van der Waals surface area (Å²) in [6, 6.07) is 12.5. The zero-order valence-corrected chi connectivity index (χ0v) is 10.6. The number of piperidine rings is 1. The molecule has 3 rings (SSSR count).